The molecule has 0 aromatic carbocycles. The van der Waals surface area contributed by atoms with Crippen LogP contribution < -0.4 is 5.32 Å². The Morgan fingerprint density at radius 2 is 1.71 bits per heavy atom. The number of aliphatic carboxylic acids is 1. The number of hydrogen-bond donors (Lipinski definition) is 2. The summed E-state index contributed by atoms with van der Waals surface area (Å²) in [5.41, 5.74) is -0.571. The van der Waals surface area contributed by atoms with E-state index in [2.05, 4.69) is 5.32 Å². The van der Waals surface area contributed by atoms with Crippen LogP contribution >= 0.6 is 0 Å². The maximum Gasteiger partial charge on any atom is 0.305 e. The van der Waals surface area contributed by atoms with Crippen molar-refractivity contribution >= 4 is 11.9 Å². The van der Waals surface area contributed by atoms with Gasteiger partial charge in [0.1, 0.15) is 0 Å². The summed E-state index contributed by atoms with van der Waals surface area (Å²) in [4.78, 5) is 21.9. The van der Waals surface area contributed by atoms with Gasteiger partial charge in [0.2, 0.25) is 5.91 Å². The molecule has 0 spiro atoms. The van der Waals surface area contributed by atoms with E-state index in [9.17, 15) is 9.59 Å². The number of hydrogen-bond acceptors (Lipinski definition) is 2. The first-order valence-corrected chi connectivity index (χ1v) is 5.02. The van der Waals surface area contributed by atoms with E-state index in [-0.39, 0.29) is 12.3 Å². The first-order valence-electron chi connectivity index (χ1n) is 5.02. The summed E-state index contributed by atoms with van der Waals surface area (Å²) in [6.45, 7) is 5.54. The van der Waals surface area contributed by atoms with Gasteiger partial charge in [0.15, 0.2) is 0 Å². The predicted octanol–water partition coefficient (Wildman–Crippen LogP) is 1.55. The second-order valence-corrected chi connectivity index (χ2v) is 3.46. The van der Waals surface area contributed by atoms with Crippen molar-refractivity contribution in [1.29, 1.82) is 0 Å². The van der Waals surface area contributed by atoms with Crippen LogP contribution in [0, 0.1) is 0 Å². The van der Waals surface area contributed by atoms with Crippen LogP contribution in [0.1, 0.15) is 46.5 Å². The van der Waals surface area contributed by atoms with Crippen molar-refractivity contribution in [3.8, 4) is 0 Å². The molecule has 0 radical (unpaired) electrons. The van der Waals surface area contributed by atoms with Gasteiger partial charge in [-0.25, -0.2) is 0 Å². The maximum absolute atomic E-state index is 11.2. The lowest BCUT2D eigenvalue weighted by molar-refractivity contribution is -0.139. The van der Waals surface area contributed by atoms with Crippen molar-refractivity contribution in [2.75, 3.05) is 0 Å². The number of rotatable bonds is 6. The standard InChI is InChI=1S/C10H19NO3/c1-4-8(12)11-10(5-2,6-3)7-9(13)14/h4-7H2,1-3H3,(H,11,12)(H,13,14). The van der Waals surface area contributed by atoms with Crippen molar-refractivity contribution in [2.24, 2.45) is 0 Å². The smallest absolute Gasteiger partial charge is 0.305 e. The fourth-order valence-electron chi connectivity index (χ4n) is 1.39. The van der Waals surface area contributed by atoms with Crippen molar-refractivity contribution < 1.29 is 14.7 Å². The quantitative estimate of drug-likeness (QED) is 0.685. The molecule has 0 saturated carbocycles. The largest absolute Gasteiger partial charge is 0.481 e. The topological polar surface area (TPSA) is 66.4 Å². The number of carbonyl (C=O) groups excluding carboxylic acids is 1. The summed E-state index contributed by atoms with van der Waals surface area (Å²) < 4.78 is 0. The summed E-state index contributed by atoms with van der Waals surface area (Å²) in [7, 11) is 0. The lowest BCUT2D eigenvalue weighted by Gasteiger charge is -2.31. The molecule has 0 rings (SSSR count). The number of nitrogens with one attached hydrogen (secondary N) is 1. The Balaban J connectivity index is 4.51. The van der Waals surface area contributed by atoms with E-state index >= 15 is 0 Å². The average Bonchev–Trinajstić information content (AvgIpc) is 2.15. The van der Waals surface area contributed by atoms with Gasteiger partial charge in [-0.2, -0.15) is 0 Å². The van der Waals surface area contributed by atoms with Gasteiger partial charge < -0.3 is 10.4 Å². The summed E-state index contributed by atoms with van der Waals surface area (Å²) in [6.07, 6.45) is 1.66. The second kappa shape index (κ2) is 5.62. The molecular weight excluding hydrogens is 182 g/mol. The molecule has 0 heterocycles. The highest BCUT2D eigenvalue weighted by molar-refractivity contribution is 5.78. The third kappa shape index (κ3) is 3.77. The van der Waals surface area contributed by atoms with E-state index in [1.165, 1.54) is 0 Å². The minimum atomic E-state index is -0.870. The SMILES string of the molecule is CCC(=O)NC(CC)(CC)CC(=O)O. The number of amides is 1. The summed E-state index contributed by atoms with van der Waals surface area (Å²) in [5.74, 6) is -0.958. The van der Waals surface area contributed by atoms with Crippen LogP contribution in [0.15, 0.2) is 0 Å². The van der Waals surface area contributed by atoms with Gasteiger partial charge >= 0.3 is 5.97 Å². The van der Waals surface area contributed by atoms with Gasteiger partial charge in [-0.05, 0) is 12.8 Å². The molecule has 0 aromatic rings. The summed E-state index contributed by atoms with van der Waals surface area (Å²) >= 11 is 0. The number of carboxylic acid groups (broad SMARTS) is 1. The van der Waals surface area contributed by atoms with Crippen molar-refractivity contribution in [3.63, 3.8) is 0 Å². The van der Waals surface area contributed by atoms with Gasteiger partial charge in [-0.1, -0.05) is 20.8 Å². The van der Waals surface area contributed by atoms with Gasteiger partial charge in [-0.15, -0.1) is 0 Å². The van der Waals surface area contributed by atoms with Crippen molar-refractivity contribution in [2.45, 2.75) is 52.0 Å². The second-order valence-electron chi connectivity index (χ2n) is 3.46. The molecule has 4 heteroatoms. The summed E-state index contributed by atoms with van der Waals surface area (Å²) in [6, 6.07) is 0. The first-order chi connectivity index (χ1) is 6.49. The van der Waals surface area contributed by atoms with Crippen LogP contribution in [0.25, 0.3) is 0 Å². The van der Waals surface area contributed by atoms with Crippen LogP contribution in [0.2, 0.25) is 0 Å². The van der Waals surface area contributed by atoms with Gasteiger partial charge in [0, 0.05) is 12.0 Å². The average molecular weight is 201 g/mol. The Bertz CT molecular complexity index is 209. The third-order valence-electron chi connectivity index (χ3n) is 2.57. The van der Waals surface area contributed by atoms with Crippen molar-refractivity contribution in [1.82, 2.24) is 5.32 Å². The van der Waals surface area contributed by atoms with Crippen LogP contribution in [0.4, 0.5) is 0 Å². The van der Waals surface area contributed by atoms with Gasteiger partial charge in [-0.3, -0.25) is 9.59 Å². The molecule has 0 atom stereocenters. The van der Waals surface area contributed by atoms with Crippen LogP contribution in [-0.2, 0) is 9.59 Å². The minimum absolute atomic E-state index is 0.00819. The highest BCUT2D eigenvalue weighted by atomic mass is 16.4. The molecule has 0 aliphatic rings. The van der Waals surface area contributed by atoms with Crippen LogP contribution in [-0.4, -0.2) is 22.5 Å². The third-order valence-corrected chi connectivity index (χ3v) is 2.57. The normalized spacial score (nSPS) is 11.1. The fraction of sp³-hybridized carbons (Fsp3) is 0.800. The molecule has 0 bridgehead atoms. The molecule has 82 valence electrons. The number of carbonyl (C=O) groups is 2. The predicted molar refractivity (Wildman–Crippen MR) is 54.0 cm³/mol. The maximum atomic E-state index is 11.2. The highest BCUT2D eigenvalue weighted by Crippen LogP contribution is 2.19. The van der Waals surface area contributed by atoms with E-state index in [4.69, 9.17) is 5.11 Å². The Kier molecular flexibility index (Phi) is 5.20. The monoisotopic (exact) mass is 201 g/mol. The molecule has 0 fully saturated rings. The molecule has 0 aromatic heterocycles. The summed E-state index contributed by atoms with van der Waals surface area (Å²) in [5, 5.41) is 11.5. The molecular formula is C10H19NO3. The van der Waals surface area contributed by atoms with E-state index in [0.29, 0.717) is 19.3 Å². The van der Waals surface area contributed by atoms with E-state index < -0.39 is 11.5 Å². The lowest BCUT2D eigenvalue weighted by Crippen LogP contribution is -2.48. The molecule has 4 nitrogen and oxygen atoms in total. The lowest BCUT2D eigenvalue weighted by atomic mass is 9.89. The Hall–Kier alpha value is -1.06. The van der Waals surface area contributed by atoms with E-state index in [1.807, 2.05) is 13.8 Å². The zero-order chi connectivity index (χ0) is 11.2. The fourth-order valence-corrected chi connectivity index (χ4v) is 1.39. The molecule has 1 amide bonds. The van der Waals surface area contributed by atoms with Crippen molar-refractivity contribution in [3.05, 3.63) is 0 Å². The minimum Gasteiger partial charge on any atom is -0.481 e. The molecule has 0 saturated heterocycles. The number of carboxylic acids is 1. The first kappa shape index (κ1) is 12.9. The molecule has 14 heavy (non-hydrogen) atoms. The zero-order valence-electron chi connectivity index (χ0n) is 9.09. The highest BCUT2D eigenvalue weighted by Gasteiger charge is 2.30. The van der Waals surface area contributed by atoms with Crippen LogP contribution in [0.3, 0.4) is 0 Å². The Labute approximate surface area is 84.7 Å². The zero-order valence-corrected chi connectivity index (χ0v) is 9.09. The van der Waals surface area contributed by atoms with Gasteiger partial charge in [0.05, 0.1) is 6.42 Å². The Morgan fingerprint density at radius 3 is 2.00 bits per heavy atom. The van der Waals surface area contributed by atoms with Gasteiger partial charge in [0.25, 0.3) is 0 Å². The molecule has 0 aliphatic heterocycles. The molecule has 2 N–H and O–H groups in total. The Morgan fingerprint density at radius 1 is 1.21 bits per heavy atom. The molecule has 0 unspecified atom stereocenters. The molecule has 0 aliphatic carbocycles. The van der Waals surface area contributed by atoms with Crippen LogP contribution in [0.5, 0.6) is 0 Å². The van der Waals surface area contributed by atoms with E-state index in [1.54, 1.807) is 6.92 Å². The van der Waals surface area contributed by atoms with E-state index in [0.717, 1.165) is 0 Å².